The van der Waals surface area contributed by atoms with E-state index in [0.29, 0.717) is 12.5 Å². The largest absolute Gasteiger partial charge is 0.493 e. The van der Waals surface area contributed by atoms with Gasteiger partial charge in [-0.15, -0.1) is 0 Å². The highest BCUT2D eigenvalue weighted by Gasteiger charge is 2.19. The van der Waals surface area contributed by atoms with Gasteiger partial charge in [0.25, 0.3) is 0 Å². The lowest BCUT2D eigenvalue weighted by atomic mass is 9.98. The van der Waals surface area contributed by atoms with Gasteiger partial charge >= 0.3 is 0 Å². The molecule has 0 amide bonds. The van der Waals surface area contributed by atoms with Crippen molar-refractivity contribution < 1.29 is 14.2 Å². The average molecular weight is 284 g/mol. The number of hydrogen-bond donors (Lipinski definition) is 0. The second-order valence-corrected chi connectivity index (χ2v) is 5.25. The SMILES string of the molecule is COc1cc(C2CCOC2)ccc1OCc1ccccc1. The minimum atomic E-state index is 0.474. The zero-order chi connectivity index (χ0) is 14.5. The number of methoxy groups -OCH3 is 1. The van der Waals surface area contributed by atoms with E-state index in [9.17, 15) is 0 Å². The Morgan fingerprint density at radius 2 is 1.95 bits per heavy atom. The fraction of sp³-hybridized carbons (Fsp3) is 0.333. The van der Waals surface area contributed by atoms with Crippen LogP contribution in [0.3, 0.4) is 0 Å². The van der Waals surface area contributed by atoms with Gasteiger partial charge in [-0.2, -0.15) is 0 Å². The van der Waals surface area contributed by atoms with Gasteiger partial charge in [0.1, 0.15) is 6.61 Å². The van der Waals surface area contributed by atoms with Crippen LogP contribution in [0.1, 0.15) is 23.5 Å². The molecule has 0 aliphatic carbocycles. The smallest absolute Gasteiger partial charge is 0.161 e. The van der Waals surface area contributed by atoms with Crippen molar-refractivity contribution in [3.63, 3.8) is 0 Å². The molecule has 0 radical (unpaired) electrons. The van der Waals surface area contributed by atoms with Crippen molar-refractivity contribution in [3.05, 3.63) is 59.7 Å². The lowest BCUT2D eigenvalue weighted by Gasteiger charge is -2.14. The summed E-state index contributed by atoms with van der Waals surface area (Å²) in [6.45, 7) is 2.19. The maximum atomic E-state index is 5.88. The molecule has 0 aromatic heterocycles. The van der Waals surface area contributed by atoms with Crippen molar-refractivity contribution >= 4 is 0 Å². The molecule has 1 heterocycles. The van der Waals surface area contributed by atoms with Crippen LogP contribution < -0.4 is 9.47 Å². The highest BCUT2D eigenvalue weighted by Crippen LogP contribution is 2.34. The van der Waals surface area contributed by atoms with E-state index in [2.05, 4.69) is 24.3 Å². The summed E-state index contributed by atoms with van der Waals surface area (Å²) in [5, 5.41) is 0. The van der Waals surface area contributed by atoms with E-state index < -0.39 is 0 Å². The van der Waals surface area contributed by atoms with Crippen molar-refractivity contribution in [1.82, 2.24) is 0 Å². The molecule has 3 nitrogen and oxygen atoms in total. The van der Waals surface area contributed by atoms with E-state index in [1.807, 2.05) is 24.3 Å². The number of benzene rings is 2. The van der Waals surface area contributed by atoms with Gasteiger partial charge in [0, 0.05) is 12.5 Å². The highest BCUT2D eigenvalue weighted by atomic mass is 16.5. The molecule has 1 saturated heterocycles. The summed E-state index contributed by atoms with van der Waals surface area (Å²) >= 11 is 0. The number of rotatable bonds is 5. The van der Waals surface area contributed by atoms with Gasteiger partial charge in [0.15, 0.2) is 11.5 Å². The molecule has 1 aliphatic heterocycles. The predicted molar refractivity (Wildman–Crippen MR) is 81.9 cm³/mol. The van der Waals surface area contributed by atoms with Crippen molar-refractivity contribution in [1.29, 1.82) is 0 Å². The maximum Gasteiger partial charge on any atom is 0.161 e. The monoisotopic (exact) mass is 284 g/mol. The Morgan fingerprint density at radius 3 is 2.67 bits per heavy atom. The van der Waals surface area contributed by atoms with E-state index in [0.717, 1.165) is 36.7 Å². The first-order valence-electron chi connectivity index (χ1n) is 7.29. The van der Waals surface area contributed by atoms with Crippen LogP contribution in [-0.2, 0) is 11.3 Å². The maximum absolute atomic E-state index is 5.88. The van der Waals surface area contributed by atoms with Gasteiger partial charge in [-0.3, -0.25) is 0 Å². The molecule has 21 heavy (non-hydrogen) atoms. The first-order chi connectivity index (χ1) is 10.4. The first-order valence-corrected chi connectivity index (χ1v) is 7.29. The molecular weight excluding hydrogens is 264 g/mol. The van der Waals surface area contributed by atoms with Crippen LogP contribution in [0.25, 0.3) is 0 Å². The summed E-state index contributed by atoms with van der Waals surface area (Å²) in [7, 11) is 1.68. The third kappa shape index (κ3) is 3.37. The van der Waals surface area contributed by atoms with Gasteiger partial charge in [0.05, 0.1) is 13.7 Å². The minimum Gasteiger partial charge on any atom is -0.493 e. The molecule has 1 fully saturated rings. The van der Waals surface area contributed by atoms with E-state index in [1.54, 1.807) is 7.11 Å². The molecule has 2 aromatic carbocycles. The summed E-state index contributed by atoms with van der Waals surface area (Å²) in [4.78, 5) is 0. The molecule has 1 aliphatic rings. The second kappa shape index (κ2) is 6.64. The molecule has 3 rings (SSSR count). The summed E-state index contributed by atoms with van der Waals surface area (Å²) in [6.07, 6.45) is 1.08. The van der Waals surface area contributed by atoms with Gasteiger partial charge < -0.3 is 14.2 Å². The molecule has 1 unspecified atom stereocenters. The molecular formula is C18H20O3. The minimum absolute atomic E-state index is 0.474. The Morgan fingerprint density at radius 1 is 1.10 bits per heavy atom. The van der Waals surface area contributed by atoms with E-state index in [1.165, 1.54) is 5.56 Å². The van der Waals surface area contributed by atoms with E-state index in [4.69, 9.17) is 14.2 Å². The molecule has 0 bridgehead atoms. The third-order valence-corrected chi connectivity index (χ3v) is 3.83. The highest BCUT2D eigenvalue weighted by molar-refractivity contribution is 5.44. The fourth-order valence-electron chi connectivity index (χ4n) is 2.59. The third-order valence-electron chi connectivity index (χ3n) is 3.83. The van der Waals surface area contributed by atoms with Crippen molar-refractivity contribution in [2.45, 2.75) is 18.9 Å². The molecule has 1 atom stereocenters. The Kier molecular flexibility index (Phi) is 4.41. The fourth-order valence-corrected chi connectivity index (χ4v) is 2.59. The van der Waals surface area contributed by atoms with Crippen molar-refractivity contribution in [3.8, 4) is 11.5 Å². The molecule has 0 saturated carbocycles. The number of hydrogen-bond acceptors (Lipinski definition) is 3. The average Bonchev–Trinajstić information content (AvgIpc) is 3.08. The van der Waals surface area contributed by atoms with Crippen LogP contribution in [-0.4, -0.2) is 20.3 Å². The van der Waals surface area contributed by atoms with Crippen LogP contribution >= 0.6 is 0 Å². The Balaban J connectivity index is 1.72. The Hall–Kier alpha value is -2.00. The lowest BCUT2D eigenvalue weighted by Crippen LogP contribution is -2.01. The van der Waals surface area contributed by atoms with Crippen LogP contribution in [0.4, 0.5) is 0 Å². The number of ether oxygens (including phenoxy) is 3. The summed E-state index contributed by atoms with van der Waals surface area (Å²) < 4.78 is 16.8. The lowest BCUT2D eigenvalue weighted by molar-refractivity contribution is 0.194. The Bertz CT molecular complexity index is 574. The predicted octanol–water partition coefficient (Wildman–Crippen LogP) is 3.78. The molecule has 0 spiro atoms. The van der Waals surface area contributed by atoms with Gasteiger partial charge in [-0.05, 0) is 29.7 Å². The van der Waals surface area contributed by atoms with Crippen LogP contribution in [0.5, 0.6) is 11.5 Å². The summed E-state index contributed by atoms with van der Waals surface area (Å²) in [5.74, 6) is 2.04. The van der Waals surface area contributed by atoms with Crippen LogP contribution in [0.2, 0.25) is 0 Å². The van der Waals surface area contributed by atoms with E-state index in [-0.39, 0.29) is 0 Å². The quantitative estimate of drug-likeness (QED) is 0.836. The summed E-state index contributed by atoms with van der Waals surface area (Å²) in [5.41, 5.74) is 2.41. The molecule has 110 valence electrons. The van der Waals surface area contributed by atoms with Crippen molar-refractivity contribution in [2.75, 3.05) is 20.3 Å². The van der Waals surface area contributed by atoms with Crippen LogP contribution in [0.15, 0.2) is 48.5 Å². The molecule has 2 aromatic rings. The second-order valence-electron chi connectivity index (χ2n) is 5.25. The van der Waals surface area contributed by atoms with Crippen LogP contribution in [0, 0.1) is 0 Å². The standard InChI is InChI=1S/C18H20O3/c1-19-18-11-15(16-9-10-20-13-16)7-8-17(18)21-12-14-5-3-2-4-6-14/h2-8,11,16H,9-10,12-13H2,1H3. The van der Waals surface area contributed by atoms with Gasteiger partial charge in [0.2, 0.25) is 0 Å². The first kappa shape index (κ1) is 14.0. The zero-order valence-corrected chi connectivity index (χ0v) is 12.2. The normalized spacial score (nSPS) is 17.7. The Labute approximate surface area is 125 Å². The van der Waals surface area contributed by atoms with Gasteiger partial charge in [-0.25, -0.2) is 0 Å². The molecule has 0 N–H and O–H groups in total. The topological polar surface area (TPSA) is 27.7 Å². The summed E-state index contributed by atoms with van der Waals surface area (Å²) in [6, 6.07) is 16.3. The molecule has 3 heteroatoms. The van der Waals surface area contributed by atoms with E-state index >= 15 is 0 Å². The van der Waals surface area contributed by atoms with Crippen molar-refractivity contribution in [2.24, 2.45) is 0 Å². The van der Waals surface area contributed by atoms with Gasteiger partial charge in [-0.1, -0.05) is 36.4 Å². The zero-order valence-electron chi connectivity index (χ0n) is 12.2.